The molecule has 0 unspecified atom stereocenters. The Bertz CT molecular complexity index is 610. The molecule has 0 fully saturated rings. The fourth-order valence-corrected chi connectivity index (χ4v) is 1.63. The van der Waals surface area contributed by atoms with Crippen LogP contribution in [0.3, 0.4) is 0 Å². The highest BCUT2D eigenvalue weighted by atomic mass is 16.5. The molecule has 2 aromatic rings. The maximum Gasteiger partial charge on any atom is 0.335 e. The lowest BCUT2D eigenvalue weighted by atomic mass is 10.1. The zero-order valence-electron chi connectivity index (χ0n) is 10.6. The second kappa shape index (κ2) is 5.39. The van der Waals surface area contributed by atoms with Crippen molar-refractivity contribution in [2.45, 2.75) is 6.92 Å². The highest BCUT2D eigenvalue weighted by Gasteiger charge is 2.08. The molecular formula is C14H13NO4. The number of nitrogens with zero attached hydrogens (tertiary/aromatic N) is 1. The third kappa shape index (κ3) is 3.01. The Hall–Kier alpha value is -2.56. The van der Waals surface area contributed by atoms with Gasteiger partial charge in [0.1, 0.15) is 5.75 Å². The summed E-state index contributed by atoms with van der Waals surface area (Å²) in [6.45, 7) is 1.72. The van der Waals surface area contributed by atoms with Gasteiger partial charge in [-0.15, -0.1) is 0 Å². The molecule has 0 bridgehead atoms. The zero-order valence-corrected chi connectivity index (χ0v) is 10.6. The van der Waals surface area contributed by atoms with Crippen LogP contribution in [0.5, 0.6) is 17.5 Å². The van der Waals surface area contributed by atoms with Gasteiger partial charge in [0.2, 0.25) is 11.8 Å². The molecule has 0 aliphatic rings. The molecular weight excluding hydrogens is 246 g/mol. The van der Waals surface area contributed by atoms with Crippen molar-refractivity contribution >= 4 is 5.97 Å². The summed E-state index contributed by atoms with van der Waals surface area (Å²) in [5.74, 6) is 0.421. The molecule has 0 saturated heterocycles. The van der Waals surface area contributed by atoms with Gasteiger partial charge < -0.3 is 14.6 Å². The van der Waals surface area contributed by atoms with E-state index in [2.05, 4.69) is 4.98 Å². The second-order valence-corrected chi connectivity index (χ2v) is 3.90. The van der Waals surface area contributed by atoms with Crippen LogP contribution in [0, 0.1) is 6.92 Å². The van der Waals surface area contributed by atoms with E-state index in [0.717, 1.165) is 0 Å². The van der Waals surface area contributed by atoms with Crippen LogP contribution in [0.25, 0.3) is 0 Å². The number of aromatic nitrogens is 1. The molecule has 98 valence electrons. The molecule has 19 heavy (non-hydrogen) atoms. The molecule has 0 atom stereocenters. The molecule has 0 spiro atoms. The molecule has 0 saturated carbocycles. The minimum absolute atomic E-state index is 0.256. The summed E-state index contributed by atoms with van der Waals surface area (Å²) in [5, 5.41) is 8.94. The van der Waals surface area contributed by atoms with E-state index in [4.69, 9.17) is 14.6 Å². The van der Waals surface area contributed by atoms with Crippen molar-refractivity contribution in [1.82, 2.24) is 4.98 Å². The molecule has 1 aromatic heterocycles. The summed E-state index contributed by atoms with van der Waals surface area (Å²) in [6, 6.07) is 9.93. The summed E-state index contributed by atoms with van der Waals surface area (Å²) in [4.78, 5) is 15.0. The first-order valence-corrected chi connectivity index (χ1v) is 5.63. The van der Waals surface area contributed by atoms with E-state index in [1.54, 1.807) is 37.3 Å². The Balaban J connectivity index is 2.23. The first-order chi connectivity index (χ1) is 9.10. The van der Waals surface area contributed by atoms with Crippen LogP contribution in [0.2, 0.25) is 0 Å². The van der Waals surface area contributed by atoms with E-state index in [1.165, 1.54) is 13.2 Å². The number of ether oxygens (including phenoxy) is 2. The largest absolute Gasteiger partial charge is 0.481 e. The molecule has 0 aliphatic carbocycles. The normalized spacial score (nSPS) is 10.0. The van der Waals surface area contributed by atoms with Crippen molar-refractivity contribution in [1.29, 1.82) is 0 Å². The predicted molar refractivity (Wildman–Crippen MR) is 69.0 cm³/mol. The van der Waals surface area contributed by atoms with Crippen LogP contribution in [-0.2, 0) is 0 Å². The summed E-state index contributed by atoms with van der Waals surface area (Å²) in [5.41, 5.74) is 0.888. The number of carboxylic acid groups (broad SMARTS) is 1. The van der Waals surface area contributed by atoms with Crippen LogP contribution in [0.15, 0.2) is 36.4 Å². The van der Waals surface area contributed by atoms with E-state index >= 15 is 0 Å². The van der Waals surface area contributed by atoms with Gasteiger partial charge in [0, 0.05) is 12.1 Å². The van der Waals surface area contributed by atoms with Crippen LogP contribution >= 0.6 is 0 Å². The van der Waals surface area contributed by atoms with E-state index in [-0.39, 0.29) is 5.56 Å². The van der Waals surface area contributed by atoms with Gasteiger partial charge in [0.25, 0.3) is 0 Å². The number of carbonyl (C=O) groups is 1. The number of rotatable bonds is 4. The Labute approximate surface area is 110 Å². The number of aromatic carboxylic acids is 1. The first-order valence-electron chi connectivity index (χ1n) is 5.63. The van der Waals surface area contributed by atoms with Gasteiger partial charge in [-0.25, -0.2) is 4.79 Å². The van der Waals surface area contributed by atoms with Crippen molar-refractivity contribution < 1.29 is 19.4 Å². The Morgan fingerprint density at radius 1 is 1.21 bits per heavy atom. The van der Waals surface area contributed by atoms with Crippen molar-refractivity contribution in [2.75, 3.05) is 7.11 Å². The molecule has 1 N–H and O–H groups in total. The molecule has 5 nitrogen and oxygen atoms in total. The summed E-state index contributed by atoms with van der Waals surface area (Å²) >= 11 is 0. The SMILES string of the molecule is COc1cccc(Oc2ccc(C(=O)O)c(C)c2)n1. The standard InChI is InChI=1S/C14H13NO4/c1-9-8-10(6-7-11(9)14(16)17)19-13-5-3-4-12(15-13)18-2/h3-8H,1-2H3,(H,16,17). The second-order valence-electron chi connectivity index (χ2n) is 3.90. The highest BCUT2D eigenvalue weighted by molar-refractivity contribution is 5.89. The Morgan fingerprint density at radius 3 is 2.58 bits per heavy atom. The van der Waals surface area contributed by atoms with Gasteiger partial charge >= 0.3 is 5.97 Å². The lowest BCUT2D eigenvalue weighted by molar-refractivity contribution is 0.0696. The maximum absolute atomic E-state index is 10.9. The molecule has 0 amide bonds. The maximum atomic E-state index is 10.9. The third-order valence-corrected chi connectivity index (χ3v) is 2.56. The summed E-state index contributed by atoms with van der Waals surface area (Å²) in [6.07, 6.45) is 0. The molecule has 1 aromatic carbocycles. The number of benzene rings is 1. The van der Waals surface area contributed by atoms with E-state index in [1.807, 2.05) is 0 Å². The molecule has 1 heterocycles. The fourth-order valence-electron chi connectivity index (χ4n) is 1.63. The third-order valence-electron chi connectivity index (χ3n) is 2.56. The van der Waals surface area contributed by atoms with Gasteiger partial charge in [-0.2, -0.15) is 4.98 Å². The first kappa shape index (κ1) is 12.9. The Morgan fingerprint density at radius 2 is 1.95 bits per heavy atom. The average Bonchev–Trinajstić information content (AvgIpc) is 2.38. The number of carboxylic acids is 1. The van der Waals surface area contributed by atoms with Gasteiger partial charge in [-0.3, -0.25) is 0 Å². The van der Waals surface area contributed by atoms with Crippen LogP contribution in [0.4, 0.5) is 0 Å². The smallest absolute Gasteiger partial charge is 0.335 e. The fraction of sp³-hybridized carbons (Fsp3) is 0.143. The van der Waals surface area contributed by atoms with Crippen molar-refractivity contribution in [2.24, 2.45) is 0 Å². The highest BCUT2D eigenvalue weighted by Crippen LogP contribution is 2.23. The van der Waals surface area contributed by atoms with E-state index in [9.17, 15) is 4.79 Å². The van der Waals surface area contributed by atoms with Crippen LogP contribution in [-0.4, -0.2) is 23.2 Å². The molecule has 0 radical (unpaired) electrons. The quantitative estimate of drug-likeness (QED) is 0.914. The van der Waals surface area contributed by atoms with Gasteiger partial charge in [0.15, 0.2) is 0 Å². The minimum Gasteiger partial charge on any atom is -0.481 e. The lowest BCUT2D eigenvalue weighted by Gasteiger charge is -2.08. The van der Waals surface area contributed by atoms with Gasteiger partial charge in [-0.05, 0) is 30.7 Å². The predicted octanol–water partition coefficient (Wildman–Crippen LogP) is 2.89. The van der Waals surface area contributed by atoms with Crippen LogP contribution < -0.4 is 9.47 Å². The lowest BCUT2D eigenvalue weighted by Crippen LogP contribution is -1.99. The van der Waals surface area contributed by atoms with Crippen molar-refractivity contribution in [3.8, 4) is 17.5 Å². The Kier molecular flexibility index (Phi) is 3.66. The number of pyridine rings is 1. The number of methoxy groups -OCH3 is 1. The van der Waals surface area contributed by atoms with Crippen molar-refractivity contribution in [3.05, 3.63) is 47.5 Å². The number of hydrogen-bond acceptors (Lipinski definition) is 4. The van der Waals surface area contributed by atoms with E-state index < -0.39 is 5.97 Å². The van der Waals surface area contributed by atoms with E-state index in [0.29, 0.717) is 23.1 Å². The molecule has 2 rings (SSSR count). The minimum atomic E-state index is -0.955. The van der Waals surface area contributed by atoms with Crippen LogP contribution in [0.1, 0.15) is 15.9 Å². The number of hydrogen-bond donors (Lipinski definition) is 1. The van der Waals surface area contributed by atoms with Gasteiger partial charge in [0.05, 0.1) is 12.7 Å². The van der Waals surface area contributed by atoms with Gasteiger partial charge in [-0.1, -0.05) is 6.07 Å². The molecule has 5 heteroatoms. The number of aryl methyl sites for hydroxylation is 1. The monoisotopic (exact) mass is 259 g/mol. The summed E-state index contributed by atoms with van der Waals surface area (Å²) in [7, 11) is 1.53. The summed E-state index contributed by atoms with van der Waals surface area (Å²) < 4.78 is 10.6. The zero-order chi connectivity index (χ0) is 13.8. The van der Waals surface area contributed by atoms with Crippen molar-refractivity contribution in [3.63, 3.8) is 0 Å². The topological polar surface area (TPSA) is 68.7 Å². The average molecular weight is 259 g/mol. The molecule has 0 aliphatic heterocycles.